The minimum atomic E-state index is 0.149. The molecule has 0 amide bonds. The van der Waals surface area contributed by atoms with E-state index in [0.717, 1.165) is 31.7 Å². The molecule has 7 nitrogen and oxygen atoms in total. The number of carbonyl (C=O) groups is 1. The molecule has 0 radical (unpaired) electrons. The SMILES string of the molecule is CCOc1cc(C=O)cc(OCC)c1.CNCC(N)CNCc1cccc(OC)c1.Cc1ccccc1. The lowest BCUT2D eigenvalue weighted by Gasteiger charge is -2.12. The van der Waals surface area contributed by atoms with Crippen molar-refractivity contribution >= 4 is 6.29 Å². The smallest absolute Gasteiger partial charge is 0.150 e. The standard InChI is InChI=1S/C12H21N3O.C11H14O3.C7H8/c1-14-8-11(13)9-15-7-10-4-3-5-12(6-10)16-2;1-3-13-10-5-9(8-12)6-11(7-10)14-4-2;1-7-5-3-2-4-6-7/h3-6,11,14-15H,7-9,13H2,1-2H3;5-8H,3-4H2,1-2H3;2-6H,1H3. The van der Waals surface area contributed by atoms with E-state index < -0.39 is 0 Å². The van der Waals surface area contributed by atoms with Gasteiger partial charge in [-0.05, 0) is 57.6 Å². The number of benzene rings is 3. The first kappa shape index (κ1) is 31.6. The number of nitrogens with one attached hydrogen (secondary N) is 2. The second-order valence-corrected chi connectivity index (χ2v) is 8.18. The first-order valence-electron chi connectivity index (χ1n) is 12.6. The molecule has 0 saturated carbocycles. The number of aldehydes is 1. The van der Waals surface area contributed by atoms with Gasteiger partial charge >= 0.3 is 0 Å². The van der Waals surface area contributed by atoms with E-state index in [2.05, 4.69) is 35.8 Å². The summed E-state index contributed by atoms with van der Waals surface area (Å²) in [5.41, 5.74) is 8.95. The number of hydrogen-bond acceptors (Lipinski definition) is 7. The molecular weight excluding hydrogens is 466 g/mol. The molecule has 0 spiro atoms. The molecule has 0 aliphatic carbocycles. The normalized spacial score (nSPS) is 10.6. The van der Waals surface area contributed by atoms with Gasteiger partial charge in [-0.15, -0.1) is 0 Å². The Kier molecular flexibility index (Phi) is 16.9. The Morgan fingerprint density at radius 1 is 0.865 bits per heavy atom. The van der Waals surface area contributed by atoms with E-state index in [1.54, 1.807) is 25.3 Å². The zero-order chi connectivity index (χ0) is 27.3. The average molecular weight is 510 g/mol. The Labute approximate surface area is 222 Å². The number of likely N-dealkylation sites (N-methyl/N-ethyl adjacent to an activating group) is 1. The lowest BCUT2D eigenvalue weighted by molar-refractivity contribution is 0.112. The molecule has 3 aromatic carbocycles. The van der Waals surface area contributed by atoms with Crippen LogP contribution in [0, 0.1) is 6.92 Å². The zero-order valence-electron chi connectivity index (χ0n) is 22.8. The van der Waals surface area contributed by atoms with Crippen LogP contribution < -0.4 is 30.6 Å². The Morgan fingerprint density at radius 3 is 2.00 bits per heavy atom. The van der Waals surface area contributed by atoms with Crippen LogP contribution >= 0.6 is 0 Å². The Bertz CT molecular complexity index is 975. The predicted molar refractivity (Wildman–Crippen MR) is 152 cm³/mol. The molecular formula is C30H43N3O4. The van der Waals surface area contributed by atoms with Gasteiger partial charge in [0.15, 0.2) is 0 Å². The van der Waals surface area contributed by atoms with Crippen molar-refractivity contribution in [1.82, 2.24) is 10.6 Å². The van der Waals surface area contributed by atoms with Gasteiger partial charge < -0.3 is 30.6 Å². The summed E-state index contributed by atoms with van der Waals surface area (Å²) < 4.78 is 15.8. The summed E-state index contributed by atoms with van der Waals surface area (Å²) in [6.07, 6.45) is 0.783. The fraction of sp³-hybridized carbons (Fsp3) is 0.367. The third-order valence-corrected chi connectivity index (χ3v) is 4.94. The monoisotopic (exact) mass is 509 g/mol. The van der Waals surface area contributed by atoms with Gasteiger partial charge in [-0.2, -0.15) is 0 Å². The van der Waals surface area contributed by atoms with Crippen molar-refractivity contribution in [3.05, 3.63) is 89.5 Å². The number of carbonyl (C=O) groups excluding carboxylic acids is 1. The minimum Gasteiger partial charge on any atom is -0.497 e. The van der Waals surface area contributed by atoms with Crippen molar-refractivity contribution < 1.29 is 19.0 Å². The number of rotatable bonds is 12. The van der Waals surface area contributed by atoms with Gasteiger partial charge in [0.2, 0.25) is 0 Å². The van der Waals surface area contributed by atoms with Crippen molar-refractivity contribution in [2.45, 2.75) is 33.4 Å². The predicted octanol–water partition coefficient (Wildman–Crippen LogP) is 4.62. The summed E-state index contributed by atoms with van der Waals surface area (Å²) in [4.78, 5) is 10.6. The third kappa shape index (κ3) is 14.7. The van der Waals surface area contributed by atoms with Gasteiger partial charge in [-0.25, -0.2) is 0 Å². The van der Waals surface area contributed by atoms with Crippen LogP contribution in [0.3, 0.4) is 0 Å². The fourth-order valence-corrected chi connectivity index (χ4v) is 3.21. The summed E-state index contributed by atoms with van der Waals surface area (Å²) in [5.74, 6) is 2.22. The van der Waals surface area contributed by atoms with Gasteiger partial charge in [0, 0.05) is 37.3 Å². The summed E-state index contributed by atoms with van der Waals surface area (Å²) in [6.45, 7) is 9.47. The molecule has 0 aromatic heterocycles. The van der Waals surface area contributed by atoms with Crippen LogP contribution in [0.25, 0.3) is 0 Å². The van der Waals surface area contributed by atoms with Crippen LogP contribution in [-0.2, 0) is 6.54 Å². The van der Waals surface area contributed by atoms with Gasteiger partial charge in [0.05, 0.1) is 20.3 Å². The molecule has 0 fully saturated rings. The first-order valence-corrected chi connectivity index (χ1v) is 12.6. The van der Waals surface area contributed by atoms with Crippen LogP contribution in [0.15, 0.2) is 72.8 Å². The lowest BCUT2D eigenvalue weighted by atomic mass is 10.2. The molecule has 0 heterocycles. The van der Waals surface area contributed by atoms with Gasteiger partial charge in [-0.1, -0.05) is 48.0 Å². The Hall–Kier alpha value is -3.39. The highest BCUT2D eigenvalue weighted by atomic mass is 16.5. The van der Waals surface area contributed by atoms with E-state index >= 15 is 0 Å². The number of aryl methyl sites for hydroxylation is 1. The molecule has 1 unspecified atom stereocenters. The number of ether oxygens (including phenoxy) is 3. The quantitative estimate of drug-likeness (QED) is 0.307. The molecule has 3 rings (SSSR count). The minimum absolute atomic E-state index is 0.149. The van der Waals surface area contributed by atoms with E-state index in [1.807, 2.05) is 57.3 Å². The third-order valence-electron chi connectivity index (χ3n) is 4.94. The van der Waals surface area contributed by atoms with Crippen molar-refractivity contribution in [2.75, 3.05) is 40.5 Å². The topological polar surface area (TPSA) is 94.8 Å². The van der Waals surface area contributed by atoms with Crippen LogP contribution in [0.5, 0.6) is 17.2 Å². The molecule has 4 N–H and O–H groups in total. The zero-order valence-corrected chi connectivity index (χ0v) is 22.8. The second-order valence-electron chi connectivity index (χ2n) is 8.18. The van der Waals surface area contributed by atoms with Crippen molar-refractivity contribution in [2.24, 2.45) is 5.73 Å². The molecule has 0 aliphatic heterocycles. The lowest BCUT2D eigenvalue weighted by Crippen LogP contribution is -2.40. The largest absolute Gasteiger partial charge is 0.497 e. The summed E-state index contributed by atoms with van der Waals surface area (Å²) in [5, 5.41) is 6.37. The maximum Gasteiger partial charge on any atom is 0.150 e. The van der Waals surface area contributed by atoms with E-state index in [0.29, 0.717) is 30.3 Å². The average Bonchev–Trinajstić information content (AvgIpc) is 2.90. The molecule has 0 saturated heterocycles. The first-order chi connectivity index (χ1) is 17.9. The molecule has 7 heteroatoms. The van der Waals surface area contributed by atoms with E-state index in [-0.39, 0.29) is 6.04 Å². The molecule has 202 valence electrons. The Morgan fingerprint density at radius 2 is 1.51 bits per heavy atom. The summed E-state index contributed by atoms with van der Waals surface area (Å²) in [7, 11) is 3.58. The van der Waals surface area contributed by atoms with Gasteiger partial charge in [-0.3, -0.25) is 4.79 Å². The second kappa shape index (κ2) is 19.8. The van der Waals surface area contributed by atoms with Gasteiger partial charge in [0.25, 0.3) is 0 Å². The summed E-state index contributed by atoms with van der Waals surface area (Å²) >= 11 is 0. The number of nitrogens with two attached hydrogens (primary N) is 1. The van der Waals surface area contributed by atoms with Gasteiger partial charge in [0.1, 0.15) is 23.5 Å². The van der Waals surface area contributed by atoms with E-state index in [9.17, 15) is 4.79 Å². The maximum atomic E-state index is 10.6. The van der Waals surface area contributed by atoms with Crippen molar-refractivity contribution in [1.29, 1.82) is 0 Å². The Balaban J connectivity index is 0.000000297. The van der Waals surface area contributed by atoms with Crippen LogP contribution in [0.2, 0.25) is 0 Å². The molecule has 0 aliphatic rings. The fourth-order valence-electron chi connectivity index (χ4n) is 3.21. The molecule has 3 aromatic rings. The molecule has 0 bridgehead atoms. The summed E-state index contributed by atoms with van der Waals surface area (Å²) in [6, 6.07) is 23.6. The number of methoxy groups -OCH3 is 1. The highest BCUT2D eigenvalue weighted by Crippen LogP contribution is 2.22. The molecule has 37 heavy (non-hydrogen) atoms. The van der Waals surface area contributed by atoms with E-state index in [4.69, 9.17) is 19.9 Å². The molecule has 1 atom stereocenters. The van der Waals surface area contributed by atoms with Crippen LogP contribution in [-0.4, -0.2) is 52.8 Å². The van der Waals surface area contributed by atoms with Crippen LogP contribution in [0.1, 0.15) is 35.3 Å². The number of hydrogen-bond donors (Lipinski definition) is 3. The highest BCUT2D eigenvalue weighted by molar-refractivity contribution is 5.76. The van der Waals surface area contributed by atoms with Crippen molar-refractivity contribution in [3.63, 3.8) is 0 Å². The van der Waals surface area contributed by atoms with Crippen molar-refractivity contribution in [3.8, 4) is 17.2 Å². The maximum absolute atomic E-state index is 10.6. The highest BCUT2D eigenvalue weighted by Gasteiger charge is 2.02. The van der Waals surface area contributed by atoms with E-state index in [1.165, 1.54) is 11.1 Å². The van der Waals surface area contributed by atoms with Crippen LogP contribution in [0.4, 0.5) is 0 Å².